The van der Waals surface area contributed by atoms with Crippen LogP contribution < -0.4 is 0 Å². The number of benzene rings is 1. The zero-order valence-corrected chi connectivity index (χ0v) is 12.0. The van der Waals surface area contributed by atoms with Crippen molar-refractivity contribution in [3.05, 3.63) is 65.9 Å². The summed E-state index contributed by atoms with van der Waals surface area (Å²) in [6.45, 7) is 4.05. The maximum atomic E-state index is 10.0. The van der Waals surface area contributed by atoms with Crippen LogP contribution in [0.1, 0.15) is 11.1 Å². The molecule has 2 heterocycles. The van der Waals surface area contributed by atoms with Crippen LogP contribution in [0.5, 0.6) is 5.75 Å². The van der Waals surface area contributed by atoms with Gasteiger partial charge in [0.2, 0.25) is 0 Å². The van der Waals surface area contributed by atoms with Gasteiger partial charge in [0.05, 0.1) is 17.1 Å². The summed E-state index contributed by atoms with van der Waals surface area (Å²) in [5, 5.41) is 10.0. The molecule has 1 N–H and O–H groups in total. The summed E-state index contributed by atoms with van der Waals surface area (Å²) >= 11 is 0. The number of aryl methyl sites for hydroxylation is 2. The van der Waals surface area contributed by atoms with Crippen molar-refractivity contribution in [3.63, 3.8) is 0 Å². The van der Waals surface area contributed by atoms with Crippen molar-refractivity contribution in [1.29, 1.82) is 0 Å². The monoisotopic (exact) mass is 276 g/mol. The predicted octanol–water partition coefficient (Wildman–Crippen LogP) is 4.13. The summed E-state index contributed by atoms with van der Waals surface area (Å²) in [7, 11) is 0. The first-order valence-corrected chi connectivity index (χ1v) is 6.83. The first-order chi connectivity index (χ1) is 10.1. The zero-order valence-electron chi connectivity index (χ0n) is 12.0. The Bertz CT molecular complexity index is 797. The van der Waals surface area contributed by atoms with E-state index in [1.54, 1.807) is 18.3 Å². The summed E-state index contributed by atoms with van der Waals surface area (Å²) in [4.78, 5) is 9.04. The number of phenols is 1. The molecule has 0 aliphatic rings. The lowest BCUT2D eigenvalue weighted by molar-refractivity contribution is 0.477. The van der Waals surface area contributed by atoms with Gasteiger partial charge in [-0.3, -0.25) is 4.98 Å². The zero-order chi connectivity index (χ0) is 14.8. The maximum Gasteiger partial charge on any atom is 0.124 e. The first-order valence-electron chi connectivity index (χ1n) is 6.83. The van der Waals surface area contributed by atoms with Gasteiger partial charge in [0.1, 0.15) is 5.75 Å². The molecule has 3 aromatic rings. The van der Waals surface area contributed by atoms with Crippen molar-refractivity contribution < 1.29 is 5.11 Å². The molecule has 104 valence electrons. The molecule has 21 heavy (non-hydrogen) atoms. The van der Waals surface area contributed by atoms with Crippen molar-refractivity contribution in [1.82, 2.24) is 9.97 Å². The lowest BCUT2D eigenvalue weighted by Crippen LogP contribution is -1.93. The number of hydrogen-bond acceptors (Lipinski definition) is 3. The van der Waals surface area contributed by atoms with Crippen molar-refractivity contribution in [2.75, 3.05) is 0 Å². The largest absolute Gasteiger partial charge is 0.507 e. The molecule has 0 unspecified atom stereocenters. The second kappa shape index (κ2) is 5.37. The van der Waals surface area contributed by atoms with Gasteiger partial charge < -0.3 is 5.11 Å². The summed E-state index contributed by atoms with van der Waals surface area (Å²) in [5.74, 6) is 0.235. The van der Waals surface area contributed by atoms with Gasteiger partial charge in [-0.15, -0.1) is 0 Å². The molecule has 2 aromatic heterocycles. The van der Waals surface area contributed by atoms with Crippen molar-refractivity contribution in [3.8, 4) is 28.4 Å². The highest BCUT2D eigenvalue weighted by Gasteiger charge is 2.09. The van der Waals surface area contributed by atoms with Gasteiger partial charge in [-0.2, -0.15) is 0 Å². The molecule has 0 spiro atoms. The Morgan fingerprint density at radius 3 is 2.29 bits per heavy atom. The Balaban J connectivity index is 2.15. The maximum absolute atomic E-state index is 10.0. The number of aromatic nitrogens is 2. The van der Waals surface area contributed by atoms with Crippen LogP contribution in [-0.2, 0) is 0 Å². The van der Waals surface area contributed by atoms with E-state index < -0.39 is 0 Å². The molecule has 1 aromatic carbocycles. The highest BCUT2D eigenvalue weighted by Crippen LogP contribution is 2.29. The van der Waals surface area contributed by atoms with Crippen molar-refractivity contribution >= 4 is 0 Å². The molecule has 3 rings (SSSR count). The summed E-state index contributed by atoms with van der Waals surface area (Å²) < 4.78 is 0. The Hall–Kier alpha value is -2.68. The predicted molar refractivity (Wildman–Crippen MR) is 84.0 cm³/mol. The van der Waals surface area contributed by atoms with Gasteiger partial charge in [0.15, 0.2) is 0 Å². The highest BCUT2D eigenvalue weighted by atomic mass is 16.3. The molecule has 0 bridgehead atoms. The van der Waals surface area contributed by atoms with Crippen LogP contribution in [-0.4, -0.2) is 15.1 Å². The van der Waals surface area contributed by atoms with Gasteiger partial charge in [0, 0.05) is 11.8 Å². The topological polar surface area (TPSA) is 46.0 Å². The third kappa shape index (κ3) is 2.77. The third-order valence-corrected chi connectivity index (χ3v) is 3.33. The van der Waals surface area contributed by atoms with Crippen LogP contribution in [0.3, 0.4) is 0 Å². The van der Waals surface area contributed by atoms with E-state index in [4.69, 9.17) is 0 Å². The number of para-hydroxylation sites is 1. The Labute approximate surface area is 124 Å². The lowest BCUT2D eigenvalue weighted by Gasteiger charge is -2.08. The summed E-state index contributed by atoms with van der Waals surface area (Å²) in [5.41, 5.74) is 5.38. The van der Waals surface area contributed by atoms with Crippen LogP contribution >= 0.6 is 0 Å². The van der Waals surface area contributed by atoms with Crippen LogP contribution in [0.4, 0.5) is 0 Å². The van der Waals surface area contributed by atoms with Gasteiger partial charge in [-0.1, -0.05) is 12.1 Å². The molecule has 0 radical (unpaired) electrons. The van der Waals surface area contributed by atoms with Crippen molar-refractivity contribution in [2.24, 2.45) is 0 Å². The van der Waals surface area contributed by atoms with E-state index in [0.717, 1.165) is 33.8 Å². The Kier molecular flexibility index (Phi) is 3.40. The number of rotatable bonds is 2. The quantitative estimate of drug-likeness (QED) is 0.765. The molecular formula is C18H16N2O. The van der Waals surface area contributed by atoms with E-state index in [9.17, 15) is 5.11 Å². The summed E-state index contributed by atoms with van der Waals surface area (Å²) in [6.07, 6.45) is 1.79. The van der Waals surface area contributed by atoms with E-state index in [2.05, 4.69) is 9.97 Å². The fourth-order valence-corrected chi connectivity index (χ4v) is 2.30. The minimum absolute atomic E-state index is 0.235. The number of phenolic OH excluding ortho intramolecular Hbond substituents is 1. The lowest BCUT2D eigenvalue weighted by atomic mass is 10.1. The smallest absolute Gasteiger partial charge is 0.124 e. The van der Waals surface area contributed by atoms with Crippen LogP contribution in [0.2, 0.25) is 0 Å². The average Bonchev–Trinajstić information content (AvgIpc) is 2.47. The Morgan fingerprint density at radius 1 is 0.810 bits per heavy atom. The molecule has 0 aliphatic carbocycles. The molecule has 0 fully saturated rings. The van der Waals surface area contributed by atoms with Crippen LogP contribution in [0.15, 0.2) is 54.7 Å². The van der Waals surface area contributed by atoms with E-state index >= 15 is 0 Å². The fraction of sp³-hybridized carbons (Fsp3) is 0.111. The molecule has 3 nitrogen and oxygen atoms in total. The van der Waals surface area contributed by atoms with Crippen LogP contribution in [0, 0.1) is 13.8 Å². The van der Waals surface area contributed by atoms with Gasteiger partial charge in [-0.25, -0.2) is 4.98 Å². The highest BCUT2D eigenvalue weighted by molar-refractivity contribution is 5.70. The second-order valence-corrected chi connectivity index (χ2v) is 5.15. The van der Waals surface area contributed by atoms with E-state index in [1.165, 1.54) is 0 Å². The minimum Gasteiger partial charge on any atom is -0.507 e. The number of aromatic hydroxyl groups is 1. The van der Waals surface area contributed by atoms with Crippen LogP contribution in [0.25, 0.3) is 22.6 Å². The number of hydrogen-bond donors (Lipinski definition) is 1. The number of pyridine rings is 2. The molecule has 3 heteroatoms. The molecule has 0 aliphatic heterocycles. The molecule has 0 amide bonds. The van der Waals surface area contributed by atoms with Gasteiger partial charge in [-0.05, 0) is 61.4 Å². The fourth-order valence-electron chi connectivity index (χ4n) is 2.30. The SMILES string of the molecule is Cc1ccnc(-c2cc(C)cc(-c3ccccc3O)n2)c1. The van der Waals surface area contributed by atoms with Crippen molar-refractivity contribution in [2.45, 2.75) is 13.8 Å². The molecule has 0 saturated carbocycles. The third-order valence-electron chi connectivity index (χ3n) is 3.33. The van der Waals surface area contributed by atoms with E-state index in [1.807, 2.05) is 50.2 Å². The molecular weight excluding hydrogens is 260 g/mol. The summed E-state index contributed by atoms with van der Waals surface area (Å²) in [6, 6.07) is 15.2. The number of nitrogens with zero attached hydrogens (tertiary/aromatic N) is 2. The Morgan fingerprint density at radius 2 is 1.52 bits per heavy atom. The normalized spacial score (nSPS) is 10.6. The van der Waals surface area contributed by atoms with E-state index in [0.29, 0.717) is 0 Å². The standard InChI is InChI=1S/C18H16N2O/c1-12-7-8-19-16(9-12)17-11-13(2)10-15(20-17)14-5-3-4-6-18(14)21/h3-11,21H,1-2H3. The van der Waals surface area contributed by atoms with E-state index in [-0.39, 0.29) is 5.75 Å². The van der Waals surface area contributed by atoms with Gasteiger partial charge in [0.25, 0.3) is 0 Å². The van der Waals surface area contributed by atoms with Gasteiger partial charge >= 0.3 is 0 Å². The molecule has 0 saturated heterocycles. The molecule has 0 atom stereocenters. The second-order valence-electron chi connectivity index (χ2n) is 5.15. The average molecular weight is 276 g/mol. The first kappa shape index (κ1) is 13.3. The minimum atomic E-state index is 0.235.